The average Bonchev–Trinajstić information content (AvgIpc) is 3.04. The first-order chi connectivity index (χ1) is 11.1. The summed E-state index contributed by atoms with van der Waals surface area (Å²) in [5.74, 6) is -0.159. The van der Waals surface area contributed by atoms with E-state index in [1.807, 2.05) is 36.5 Å². The molecule has 0 aliphatic carbocycles. The van der Waals surface area contributed by atoms with Crippen molar-refractivity contribution in [1.29, 1.82) is 0 Å². The van der Waals surface area contributed by atoms with Crippen molar-refractivity contribution in [3.05, 3.63) is 82.5 Å². The number of hydrogen-bond acceptors (Lipinski definition) is 3. The van der Waals surface area contributed by atoms with Crippen LogP contribution in [0.1, 0.15) is 15.9 Å². The van der Waals surface area contributed by atoms with E-state index >= 15 is 0 Å². The highest BCUT2D eigenvalue weighted by molar-refractivity contribution is 5.93. The molecule has 116 valence electrons. The Balaban J connectivity index is 1.72. The Hall–Kier alpha value is -3.15. The minimum Gasteiger partial charge on any atom is -0.337 e. The largest absolute Gasteiger partial charge is 0.337 e. The van der Waals surface area contributed by atoms with Crippen LogP contribution in [0.3, 0.4) is 0 Å². The highest BCUT2D eigenvalue weighted by Crippen LogP contribution is 2.10. The molecule has 0 saturated carbocycles. The van der Waals surface area contributed by atoms with E-state index in [1.54, 1.807) is 22.8 Å². The molecular formula is C17H16N4O2. The van der Waals surface area contributed by atoms with E-state index in [0.29, 0.717) is 12.1 Å². The third kappa shape index (κ3) is 3.37. The van der Waals surface area contributed by atoms with Gasteiger partial charge in [-0.3, -0.25) is 9.59 Å². The highest BCUT2D eigenvalue weighted by atomic mass is 16.2. The van der Waals surface area contributed by atoms with Crippen molar-refractivity contribution in [3.63, 3.8) is 0 Å². The monoisotopic (exact) mass is 308 g/mol. The predicted octanol–water partition coefficient (Wildman–Crippen LogP) is 1.83. The molecule has 0 aliphatic rings. The number of aromatic nitrogens is 3. The van der Waals surface area contributed by atoms with Crippen molar-refractivity contribution in [2.24, 2.45) is 0 Å². The minimum absolute atomic E-state index is 0.159. The van der Waals surface area contributed by atoms with E-state index in [9.17, 15) is 9.59 Å². The SMILES string of the molecule is CN(Cc1cnn(-c2ccccc2)c1)C(=O)c1ccc(=O)[nH]c1. The van der Waals surface area contributed by atoms with Gasteiger partial charge in [-0.05, 0) is 18.2 Å². The molecular weight excluding hydrogens is 292 g/mol. The Labute approximate surface area is 133 Å². The number of H-pyrrole nitrogens is 1. The molecule has 0 spiro atoms. The third-order valence-corrected chi connectivity index (χ3v) is 3.45. The zero-order chi connectivity index (χ0) is 16.2. The average molecular weight is 308 g/mol. The molecule has 23 heavy (non-hydrogen) atoms. The van der Waals surface area contributed by atoms with Crippen LogP contribution in [0.5, 0.6) is 0 Å². The molecule has 0 bridgehead atoms. The smallest absolute Gasteiger partial charge is 0.255 e. The quantitative estimate of drug-likeness (QED) is 0.799. The molecule has 0 aliphatic heterocycles. The van der Waals surface area contributed by atoms with Gasteiger partial charge in [0.25, 0.3) is 5.91 Å². The Bertz CT molecular complexity index is 847. The Kier molecular flexibility index (Phi) is 4.05. The van der Waals surface area contributed by atoms with Gasteiger partial charge >= 0.3 is 0 Å². The standard InChI is InChI=1S/C17H16N4O2/c1-20(17(23)14-7-8-16(22)18-10-14)11-13-9-19-21(12-13)15-5-3-2-4-6-15/h2-10,12H,11H2,1H3,(H,18,22). The summed E-state index contributed by atoms with van der Waals surface area (Å²) < 4.78 is 1.77. The summed E-state index contributed by atoms with van der Waals surface area (Å²) in [4.78, 5) is 27.5. The number of benzene rings is 1. The van der Waals surface area contributed by atoms with Gasteiger partial charge in [-0.2, -0.15) is 5.10 Å². The number of carbonyl (C=O) groups is 1. The maximum absolute atomic E-state index is 12.3. The maximum Gasteiger partial charge on any atom is 0.255 e. The van der Waals surface area contributed by atoms with Gasteiger partial charge < -0.3 is 9.88 Å². The summed E-state index contributed by atoms with van der Waals surface area (Å²) in [7, 11) is 1.72. The van der Waals surface area contributed by atoms with E-state index in [4.69, 9.17) is 0 Å². The number of para-hydroxylation sites is 1. The van der Waals surface area contributed by atoms with Gasteiger partial charge in [-0.25, -0.2) is 4.68 Å². The van der Waals surface area contributed by atoms with Crippen molar-refractivity contribution in [1.82, 2.24) is 19.7 Å². The molecule has 0 saturated heterocycles. The summed E-state index contributed by atoms with van der Waals surface area (Å²) in [6.45, 7) is 0.435. The van der Waals surface area contributed by atoms with Crippen LogP contribution in [0.15, 0.2) is 65.8 Å². The van der Waals surface area contributed by atoms with Crippen LogP contribution in [0, 0.1) is 0 Å². The molecule has 1 amide bonds. The fourth-order valence-electron chi connectivity index (χ4n) is 2.27. The molecule has 2 heterocycles. The molecule has 2 aromatic heterocycles. The minimum atomic E-state index is -0.228. The molecule has 1 aromatic carbocycles. The van der Waals surface area contributed by atoms with E-state index in [2.05, 4.69) is 10.1 Å². The van der Waals surface area contributed by atoms with Gasteiger partial charge in [-0.1, -0.05) is 18.2 Å². The number of nitrogens with one attached hydrogen (secondary N) is 1. The van der Waals surface area contributed by atoms with E-state index in [-0.39, 0.29) is 11.5 Å². The number of carbonyl (C=O) groups excluding carboxylic acids is 1. The number of pyridine rings is 1. The number of hydrogen-bond donors (Lipinski definition) is 1. The van der Waals surface area contributed by atoms with Crippen LogP contribution in [-0.2, 0) is 6.54 Å². The summed E-state index contributed by atoms with van der Waals surface area (Å²) in [5.41, 5.74) is 2.11. The van der Waals surface area contributed by atoms with E-state index in [0.717, 1.165) is 11.3 Å². The fraction of sp³-hybridized carbons (Fsp3) is 0.118. The van der Waals surface area contributed by atoms with Crippen LogP contribution in [0.4, 0.5) is 0 Å². The van der Waals surface area contributed by atoms with Gasteiger partial charge in [0.05, 0.1) is 17.4 Å². The molecule has 0 fully saturated rings. The van der Waals surface area contributed by atoms with Crippen molar-refractivity contribution in [3.8, 4) is 5.69 Å². The van der Waals surface area contributed by atoms with Crippen LogP contribution < -0.4 is 5.56 Å². The maximum atomic E-state index is 12.3. The summed E-state index contributed by atoms with van der Waals surface area (Å²) in [5, 5.41) is 4.31. The van der Waals surface area contributed by atoms with Gasteiger partial charge in [0.1, 0.15) is 0 Å². The molecule has 0 unspecified atom stereocenters. The molecule has 6 nitrogen and oxygen atoms in total. The van der Waals surface area contributed by atoms with Crippen LogP contribution in [0.2, 0.25) is 0 Å². The van der Waals surface area contributed by atoms with Crippen molar-refractivity contribution < 1.29 is 4.79 Å². The van der Waals surface area contributed by atoms with Gasteiger partial charge in [-0.15, -0.1) is 0 Å². The predicted molar refractivity (Wildman–Crippen MR) is 86.4 cm³/mol. The first-order valence-electron chi connectivity index (χ1n) is 7.16. The number of rotatable bonds is 4. The van der Waals surface area contributed by atoms with Crippen LogP contribution >= 0.6 is 0 Å². The molecule has 3 aromatic rings. The molecule has 0 radical (unpaired) electrons. The second-order valence-corrected chi connectivity index (χ2v) is 5.23. The number of aromatic amines is 1. The summed E-state index contributed by atoms with van der Waals surface area (Å²) in [6.07, 6.45) is 5.06. The van der Waals surface area contributed by atoms with Gasteiger partial charge in [0.15, 0.2) is 0 Å². The van der Waals surface area contributed by atoms with Crippen LogP contribution in [-0.4, -0.2) is 32.6 Å². The van der Waals surface area contributed by atoms with Crippen molar-refractivity contribution in [2.45, 2.75) is 6.54 Å². The topological polar surface area (TPSA) is 71.0 Å². The second-order valence-electron chi connectivity index (χ2n) is 5.23. The molecule has 0 atom stereocenters. The lowest BCUT2D eigenvalue weighted by Crippen LogP contribution is -2.26. The lowest BCUT2D eigenvalue weighted by Gasteiger charge is -2.15. The first kappa shape index (κ1) is 14.8. The molecule has 3 rings (SSSR count). The second kappa shape index (κ2) is 6.31. The first-order valence-corrected chi connectivity index (χ1v) is 7.16. The normalized spacial score (nSPS) is 10.5. The fourth-order valence-corrected chi connectivity index (χ4v) is 2.27. The highest BCUT2D eigenvalue weighted by Gasteiger charge is 2.13. The number of amides is 1. The lowest BCUT2D eigenvalue weighted by atomic mass is 10.2. The molecule has 1 N–H and O–H groups in total. The van der Waals surface area contributed by atoms with Crippen molar-refractivity contribution in [2.75, 3.05) is 7.05 Å². The Morgan fingerprint density at radius 3 is 2.70 bits per heavy atom. The molecule has 6 heteroatoms. The van der Waals surface area contributed by atoms with E-state index < -0.39 is 0 Å². The Morgan fingerprint density at radius 2 is 2.00 bits per heavy atom. The van der Waals surface area contributed by atoms with Gasteiger partial charge in [0.2, 0.25) is 5.56 Å². The van der Waals surface area contributed by atoms with E-state index in [1.165, 1.54) is 18.3 Å². The van der Waals surface area contributed by atoms with Gasteiger partial charge in [0, 0.05) is 37.6 Å². The van der Waals surface area contributed by atoms with Crippen molar-refractivity contribution >= 4 is 5.91 Å². The zero-order valence-corrected chi connectivity index (χ0v) is 12.6. The lowest BCUT2D eigenvalue weighted by molar-refractivity contribution is 0.0784. The summed E-state index contributed by atoms with van der Waals surface area (Å²) in [6, 6.07) is 12.6. The Morgan fingerprint density at radius 1 is 1.22 bits per heavy atom. The zero-order valence-electron chi connectivity index (χ0n) is 12.6. The van der Waals surface area contributed by atoms with Crippen LogP contribution in [0.25, 0.3) is 5.69 Å². The third-order valence-electron chi connectivity index (χ3n) is 3.45. The summed E-state index contributed by atoms with van der Waals surface area (Å²) >= 11 is 0. The number of nitrogens with zero attached hydrogens (tertiary/aromatic N) is 3.